The fourth-order valence-corrected chi connectivity index (χ4v) is 1.55. The van der Waals surface area contributed by atoms with Crippen molar-refractivity contribution < 1.29 is 14.3 Å². The number of carbonyl (C=O) groups is 1. The molecule has 0 amide bonds. The topological polar surface area (TPSA) is 35.5 Å². The molecule has 0 bridgehead atoms. The Kier molecular flexibility index (Phi) is 3.17. The fourth-order valence-electron chi connectivity index (χ4n) is 1.55. The van der Waals surface area contributed by atoms with Gasteiger partial charge in [0.1, 0.15) is 12.2 Å². The van der Waals surface area contributed by atoms with Crippen LogP contribution in [0.5, 0.6) is 0 Å². The molecular formula is C10H18O3. The second-order valence-corrected chi connectivity index (χ2v) is 4.00. The van der Waals surface area contributed by atoms with Crippen LogP contribution >= 0.6 is 0 Å². The largest absolute Gasteiger partial charge is 0.509 e. The van der Waals surface area contributed by atoms with Crippen molar-refractivity contribution in [2.45, 2.75) is 46.3 Å². The summed E-state index contributed by atoms with van der Waals surface area (Å²) in [5, 5.41) is 0. The predicted molar refractivity (Wildman–Crippen MR) is 49.4 cm³/mol. The van der Waals surface area contributed by atoms with Crippen LogP contribution in [0.3, 0.4) is 0 Å². The quantitative estimate of drug-likeness (QED) is 0.635. The molecule has 0 aromatic carbocycles. The number of carbonyl (C=O) groups excluding carboxylic acids is 1. The van der Waals surface area contributed by atoms with Crippen LogP contribution in [0, 0.1) is 11.8 Å². The summed E-state index contributed by atoms with van der Waals surface area (Å²) in [7, 11) is 0. The highest BCUT2D eigenvalue weighted by Crippen LogP contribution is 2.28. The lowest BCUT2D eigenvalue weighted by atomic mass is 9.88. The van der Waals surface area contributed by atoms with Crippen LogP contribution < -0.4 is 0 Å². The van der Waals surface area contributed by atoms with E-state index in [1.165, 1.54) is 0 Å². The molecule has 0 aliphatic carbocycles. The lowest BCUT2D eigenvalue weighted by Gasteiger charge is -2.23. The highest BCUT2D eigenvalue weighted by atomic mass is 16.8. The van der Waals surface area contributed by atoms with Gasteiger partial charge in [-0.15, -0.1) is 0 Å². The van der Waals surface area contributed by atoms with Crippen LogP contribution in [0.15, 0.2) is 0 Å². The van der Waals surface area contributed by atoms with Gasteiger partial charge >= 0.3 is 6.16 Å². The molecular weight excluding hydrogens is 168 g/mol. The second kappa shape index (κ2) is 3.99. The highest BCUT2D eigenvalue weighted by molar-refractivity contribution is 5.62. The standard InChI is InChI=1S/C10H18O3/c1-5-8-9(7(4)6(2)3)13-10(11)12-8/h6-9H,5H2,1-4H3/t7?,8-,9-/m0/s1. The van der Waals surface area contributed by atoms with Gasteiger partial charge in [0, 0.05) is 0 Å². The Morgan fingerprint density at radius 3 is 2.38 bits per heavy atom. The third kappa shape index (κ3) is 2.14. The van der Waals surface area contributed by atoms with Crippen molar-refractivity contribution in [3.8, 4) is 0 Å². The molecule has 1 aliphatic rings. The molecule has 0 N–H and O–H groups in total. The van der Waals surface area contributed by atoms with Crippen LogP contribution in [0.1, 0.15) is 34.1 Å². The minimum absolute atomic E-state index is 0.0510. The first kappa shape index (κ1) is 10.4. The average molecular weight is 186 g/mol. The Hall–Kier alpha value is -0.730. The van der Waals surface area contributed by atoms with Crippen molar-refractivity contribution in [3.05, 3.63) is 0 Å². The van der Waals surface area contributed by atoms with E-state index in [1.807, 2.05) is 6.92 Å². The van der Waals surface area contributed by atoms with Gasteiger partial charge in [-0.05, 0) is 18.3 Å². The van der Waals surface area contributed by atoms with E-state index < -0.39 is 6.16 Å². The molecule has 1 rings (SSSR count). The predicted octanol–water partition coefficient (Wildman–Crippen LogP) is 2.59. The molecule has 1 saturated heterocycles. The van der Waals surface area contributed by atoms with E-state index >= 15 is 0 Å². The van der Waals surface area contributed by atoms with Crippen LogP contribution in [-0.4, -0.2) is 18.4 Å². The summed E-state index contributed by atoms with van der Waals surface area (Å²) in [6.45, 7) is 8.36. The maximum atomic E-state index is 10.9. The maximum absolute atomic E-state index is 10.9. The van der Waals surface area contributed by atoms with E-state index in [1.54, 1.807) is 0 Å². The van der Waals surface area contributed by atoms with Gasteiger partial charge in [-0.2, -0.15) is 0 Å². The third-order valence-corrected chi connectivity index (χ3v) is 2.82. The Bertz CT molecular complexity index is 189. The molecule has 13 heavy (non-hydrogen) atoms. The van der Waals surface area contributed by atoms with Gasteiger partial charge in [0.15, 0.2) is 0 Å². The SMILES string of the molecule is CC[C@@H]1OC(=O)O[C@H]1C(C)C(C)C. The monoisotopic (exact) mass is 186 g/mol. The van der Waals surface area contributed by atoms with E-state index in [9.17, 15) is 4.79 Å². The lowest BCUT2D eigenvalue weighted by molar-refractivity contribution is 0.0759. The summed E-state index contributed by atoms with van der Waals surface area (Å²) in [5.74, 6) is 0.866. The van der Waals surface area contributed by atoms with E-state index in [0.29, 0.717) is 11.8 Å². The zero-order chi connectivity index (χ0) is 10.0. The van der Waals surface area contributed by atoms with Crippen molar-refractivity contribution in [1.29, 1.82) is 0 Å². The van der Waals surface area contributed by atoms with E-state index in [-0.39, 0.29) is 12.2 Å². The number of cyclic esters (lactones) is 2. The van der Waals surface area contributed by atoms with Gasteiger partial charge < -0.3 is 9.47 Å². The smallest absolute Gasteiger partial charge is 0.427 e. The second-order valence-electron chi connectivity index (χ2n) is 4.00. The Labute approximate surface area is 79.4 Å². The summed E-state index contributed by atoms with van der Waals surface area (Å²) >= 11 is 0. The molecule has 76 valence electrons. The molecule has 3 atom stereocenters. The Morgan fingerprint density at radius 2 is 1.92 bits per heavy atom. The van der Waals surface area contributed by atoms with Gasteiger partial charge in [0.25, 0.3) is 0 Å². The zero-order valence-corrected chi connectivity index (χ0v) is 8.74. The minimum atomic E-state index is -0.510. The Balaban J connectivity index is 2.62. The third-order valence-electron chi connectivity index (χ3n) is 2.82. The van der Waals surface area contributed by atoms with Gasteiger partial charge in [0.05, 0.1) is 0 Å². The minimum Gasteiger partial charge on any atom is -0.427 e. The summed E-state index contributed by atoms with van der Waals surface area (Å²) < 4.78 is 10.2. The van der Waals surface area contributed by atoms with Crippen molar-refractivity contribution in [2.75, 3.05) is 0 Å². The summed E-state index contributed by atoms with van der Waals surface area (Å²) in [4.78, 5) is 10.9. The average Bonchev–Trinajstić information content (AvgIpc) is 2.45. The first-order chi connectivity index (χ1) is 6.06. The lowest BCUT2D eigenvalue weighted by Crippen LogP contribution is -2.31. The highest BCUT2D eigenvalue weighted by Gasteiger charge is 2.39. The molecule has 0 aromatic heterocycles. The molecule has 0 saturated carbocycles. The molecule has 3 heteroatoms. The number of hydrogen-bond donors (Lipinski definition) is 0. The van der Waals surface area contributed by atoms with Gasteiger partial charge in [-0.3, -0.25) is 0 Å². The van der Waals surface area contributed by atoms with Crippen LogP contribution in [0.4, 0.5) is 4.79 Å². The molecule has 0 spiro atoms. The van der Waals surface area contributed by atoms with Crippen molar-refractivity contribution in [3.63, 3.8) is 0 Å². The van der Waals surface area contributed by atoms with Crippen LogP contribution in [0.25, 0.3) is 0 Å². The zero-order valence-electron chi connectivity index (χ0n) is 8.74. The van der Waals surface area contributed by atoms with Crippen molar-refractivity contribution in [2.24, 2.45) is 11.8 Å². The normalized spacial score (nSPS) is 30.1. The maximum Gasteiger partial charge on any atom is 0.509 e. The van der Waals surface area contributed by atoms with Crippen LogP contribution in [-0.2, 0) is 9.47 Å². The molecule has 1 aliphatic heterocycles. The van der Waals surface area contributed by atoms with E-state index in [2.05, 4.69) is 20.8 Å². The Morgan fingerprint density at radius 1 is 1.31 bits per heavy atom. The molecule has 1 fully saturated rings. The van der Waals surface area contributed by atoms with Crippen molar-refractivity contribution in [1.82, 2.24) is 0 Å². The summed E-state index contributed by atoms with van der Waals surface area (Å²) in [6, 6.07) is 0. The van der Waals surface area contributed by atoms with E-state index in [0.717, 1.165) is 6.42 Å². The van der Waals surface area contributed by atoms with Gasteiger partial charge in [-0.25, -0.2) is 4.79 Å². The number of ether oxygens (including phenoxy) is 2. The molecule has 0 aromatic rings. The molecule has 1 heterocycles. The van der Waals surface area contributed by atoms with E-state index in [4.69, 9.17) is 9.47 Å². The first-order valence-electron chi connectivity index (χ1n) is 4.93. The van der Waals surface area contributed by atoms with Gasteiger partial charge in [-0.1, -0.05) is 27.7 Å². The molecule has 0 radical (unpaired) electrons. The molecule has 3 nitrogen and oxygen atoms in total. The summed E-state index contributed by atoms with van der Waals surface area (Å²) in [5.41, 5.74) is 0. The first-order valence-corrected chi connectivity index (χ1v) is 4.93. The van der Waals surface area contributed by atoms with Crippen LogP contribution in [0.2, 0.25) is 0 Å². The summed E-state index contributed by atoms with van der Waals surface area (Å²) in [6.07, 6.45) is 0.208. The number of hydrogen-bond acceptors (Lipinski definition) is 3. The molecule has 1 unspecified atom stereocenters. The number of rotatable bonds is 3. The van der Waals surface area contributed by atoms with Crippen molar-refractivity contribution >= 4 is 6.16 Å². The van der Waals surface area contributed by atoms with Gasteiger partial charge in [0.2, 0.25) is 0 Å². The fraction of sp³-hybridized carbons (Fsp3) is 0.900.